The summed E-state index contributed by atoms with van der Waals surface area (Å²) in [6, 6.07) is 12.7. The van der Waals surface area contributed by atoms with Gasteiger partial charge in [-0.1, -0.05) is 57.2 Å². The fraction of sp³-hybridized carbons (Fsp3) is 0.474. The van der Waals surface area contributed by atoms with Crippen LogP contribution in [0.25, 0.3) is 10.8 Å². The fourth-order valence-electron chi connectivity index (χ4n) is 2.28. The van der Waals surface area contributed by atoms with Gasteiger partial charge in [-0.05, 0) is 41.9 Å². The third kappa shape index (κ3) is 3.53. The van der Waals surface area contributed by atoms with E-state index in [-0.39, 0.29) is 11.6 Å². The van der Waals surface area contributed by atoms with E-state index in [0.717, 1.165) is 18.6 Å². The Bertz CT molecular complexity index is 641. The second kappa shape index (κ2) is 6.43. The van der Waals surface area contributed by atoms with Crippen LogP contribution < -0.4 is 4.43 Å². The lowest BCUT2D eigenvalue weighted by molar-refractivity contribution is 0.288. The Kier molecular flexibility index (Phi) is 4.98. The van der Waals surface area contributed by atoms with Crippen molar-refractivity contribution in [2.45, 2.75) is 51.7 Å². The van der Waals surface area contributed by atoms with Gasteiger partial charge in [-0.25, -0.2) is 0 Å². The molecule has 2 aromatic rings. The van der Waals surface area contributed by atoms with Crippen LogP contribution in [0.4, 0.5) is 0 Å². The summed E-state index contributed by atoms with van der Waals surface area (Å²) in [5, 5.41) is 11.7. The van der Waals surface area contributed by atoms with Gasteiger partial charge in [0.25, 0.3) is 8.32 Å². The summed E-state index contributed by atoms with van der Waals surface area (Å²) >= 11 is 0. The molecule has 22 heavy (non-hydrogen) atoms. The largest absolute Gasteiger partial charge is 0.543 e. The van der Waals surface area contributed by atoms with E-state index in [2.05, 4.69) is 70.3 Å². The first-order valence-electron chi connectivity index (χ1n) is 8.07. The van der Waals surface area contributed by atoms with Crippen molar-refractivity contribution in [1.82, 2.24) is 0 Å². The van der Waals surface area contributed by atoms with Gasteiger partial charge in [0.05, 0.1) is 0 Å². The molecule has 0 fully saturated rings. The van der Waals surface area contributed by atoms with Gasteiger partial charge < -0.3 is 9.53 Å². The molecule has 0 bridgehead atoms. The van der Waals surface area contributed by atoms with E-state index in [9.17, 15) is 0 Å². The van der Waals surface area contributed by atoms with E-state index < -0.39 is 8.32 Å². The number of aliphatic hydroxyl groups is 1. The normalized spacial score (nSPS) is 12.6. The SMILES string of the molecule is CC(C)(C)[Si](C)(C)Oc1c(CCCO)ccc2ccccc12. The standard InChI is InChI=1S/C19H28O2Si/c1-19(2,3)22(4,5)21-18-16(10-8-14-20)13-12-15-9-6-7-11-17(15)18/h6-7,9,11-13,20H,8,10,14H2,1-5H3. The van der Waals surface area contributed by atoms with E-state index in [0.29, 0.717) is 0 Å². The molecular weight excluding hydrogens is 288 g/mol. The van der Waals surface area contributed by atoms with Gasteiger partial charge in [0.1, 0.15) is 5.75 Å². The van der Waals surface area contributed by atoms with Crippen LogP contribution in [0, 0.1) is 0 Å². The molecule has 0 unspecified atom stereocenters. The topological polar surface area (TPSA) is 29.5 Å². The van der Waals surface area contributed by atoms with Gasteiger partial charge in [-0.2, -0.15) is 0 Å². The van der Waals surface area contributed by atoms with Crippen molar-refractivity contribution in [2.24, 2.45) is 0 Å². The monoisotopic (exact) mass is 316 g/mol. The Morgan fingerprint density at radius 2 is 1.73 bits per heavy atom. The number of aliphatic hydroxyl groups excluding tert-OH is 1. The number of hydrogen-bond acceptors (Lipinski definition) is 2. The predicted molar refractivity (Wildman–Crippen MR) is 97.2 cm³/mol. The predicted octanol–water partition coefficient (Wildman–Crippen LogP) is 5.15. The molecule has 0 spiro atoms. The highest BCUT2D eigenvalue weighted by atomic mass is 28.4. The zero-order valence-corrected chi connectivity index (χ0v) is 15.4. The number of fused-ring (bicyclic) bond motifs is 1. The number of rotatable bonds is 5. The average Bonchev–Trinajstić information content (AvgIpc) is 2.45. The van der Waals surface area contributed by atoms with Gasteiger partial charge in [0, 0.05) is 12.0 Å². The molecule has 0 aromatic heterocycles. The second-order valence-corrected chi connectivity index (χ2v) is 12.2. The van der Waals surface area contributed by atoms with E-state index in [4.69, 9.17) is 9.53 Å². The van der Waals surface area contributed by atoms with Crippen LogP contribution in [0.2, 0.25) is 18.1 Å². The minimum atomic E-state index is -1.90. The summed E-state index contributed by atoms with van der Waals surface area (Å²) in [4.78, 5) is 0. The summed E-state index contributed by atoms with van der Waals surface area (Å²) in [5.41, 5.74) is 1.21. The van der Waals surface area contributed by atoms with Crippen LogP contribution in [0.5, 0.6) is 5.75 Å². The van der Waals surface area contributed by atoms with Gasteiger partial charge in [0.15, 0.2) is 0 Å². The molecule has 0 radical (unpaired) electrons. The van der Waals surface area contributed by atoms with Crippen LogP contribution in [-0.4, -0.2) is 20.0 Å². The maximum atomic E-state index is 9.16. The van der Waals surface area contributed by atoms with Gasteiger partial charge in [-0.3, -0.25) is 0 Å². The third-order valence-corrected chi connectivity index (χ3v) is 9.06. The minimum absolute atomic E-state index is 0.165. The van der Waals surface area contributed by atoms with Gasteiger partial charge in [0.2, 0.25) is 0 Å². The molecule has 0 saturated carbocycles. The second-order valence-electron chi connectivity index (χ2n) is 7.46. The van der Waals surface area contributed by atoms with Crippen LogP contribution in [0.3, 0.4) is 0 Å². The molecule has 2 nitrogen and oxygen atoms in total. The van der Waals surface area contributed by atoms with Crippen LogP contribution in [-0.2, 0) is 6.42 Å². The maximum absolute atomic E-state index is 9.16. The molecule has 0 aliphatic heterocycles. The average molecular weight is 317 g/mol. The van der Waals surface area contributed by atoms with Crippen LogP contribution in [0.1, 0.15) is 32.8 Å². The van der Waals surface area contributed by atoms with Crippen molar-refractivity contribution in [3.05, 3.63) is 42.0 Å². The Morgan fingerprint density at radius 3 is 2.36 bits per heavy atom. The lowest BCUT2D eigenvalue weighted by Crippen LogP contribution is -2.44. The minimum Gasteiger partial charge on any atom is -0.543 e. The molecule has 0 saturated heterocycles. The van der Waals surface area contributed by atoms with Crippen molar-refractivity contribution in [3.8, 4) is 5.75 Å². The Labute approximate surface area is 135 Å². The molecule has 3 heteroatoms. The third-order valence-electron chi connectivity index (χ3n) is 4.73. The molecule has 0 amide bonds. The molecular formula is C19H28O2Si. The first kappa shape index (κ1) is 17.0. The quantitative estimate of drug-likeness (QED) is 0.773. The fourth-order valence-corrected chi connectivity index (χ4v) is 3.34. The molecule has 0 aliphatic rings. The Morgan fingerprint density at radius 1 is 1.05 bits per heavy atom. The maximum Gasteiger partial charge on any atom is 0.250 e. The number of hydrogen-bond donors (Lipinski definition) is 1. The summed E-state index contributed by atoms with van der Waals surface area (Å²) < 4.78 is 6.66. The van der Waals surface area contributed by atoms with Crippen molar-refractivity contribution in [1.29, 1.82) is 0 Å². The molecule has 0 aliphatic carbocycles. The van der Waals surface area contributed by atoms with Crippen molar-refractivity contribution < 1.29 is 9.53 Å². The summed E-state index contributed by atoms with van der Waals surface area (Å²) in [5.74, 6) is 1.03. The highest BCUT2D eigenvalue weighted by Gasteiger charge is 2.39. The van der Waals surface area contributed by atoms with E-state index in [1.54, 1.807) is 0 Å². The lowest BCUT2D eigenvalue weighted by atomic mass is 10.0. The summed E-state index contributed by atoms with van der Waals surface area (Å²) in [6.07, 6.45) is 1.62. The number of benzene rings is 2. The van der Waals surface area contributed by atoms with Crippen molar-refractivity contribution in [3.63, 3.8) is 0 Å². The van der Waals surface area contributed by atoms with Crippen LogP contribution >= 0.6 is 0 Å². The van der Waals surface area contributed by atoms with E-state index in [1.807, 2.05) is 0 Å². The smallest absolute Gasteiger partial charge is 0.250 e. The molecule has 2 rings (SSSR count). The summed E-state index contributed by atoms with van der Waals surface area (Å²) in [7, 11) is -1.90. The highest BCUT2D eigenvalue weighted by molar-refractivity contribution is 6.74. The van der Waals surface area contributed by atoms with Crippen molar-refractivity contribution in [2.75, 3.05) is 6.61 Å². The zero-order chi connectivity index (χ0) is 16.4. The van der Waals surface area contributed by atoms with E-state index in [1.165, 1.54) is 16.3 Å². The molecule has 0 heterocycles. The molecule has 120 valence electrons. The van der Waals surface area contributed by atoms with Crippen molar-refractivity contribution >= 4 is 19.1 Å². The molecule has 2 aromatic carbocycles. The molecule has 1 N–H and O–H groups in total. The Balaban J connectivity index is 2.52. The molecule has 0 atom stereocenters. The van der Waals surface area contributed by atoms with E-state index >= 15 is 0 Å². The Hall–Kier alpha value is -1.32. The zero-order valence-electron chi connectivity index (χ0n) is 14.4. The van der Waals surface area contributed by atoms with Crippen LogP contribution in [0.15, 0.2) is 36.4 Å². The van der Waals surface area contributed by atoms with Gasteiger partial charge in [-0.15, -0.1) is 0 Å². The number of aryl methyl sites for hydroxylation is 1. The first-order valence-corrected chi connectivity index (χ1v) is 11.0. The summed E-state index contributed by atoms with van der Waals surface area (Å²) in [6.45, 7) is 11.6. The lowest BCUT2D eigenvalue weighted by Gasteiger charge is -2.37. The first-order chi connectivity index (χ1) is 10.3. The highest BCUT2D eigenvalue weighted by Crippen LogP contribution is 2.40. The van der Waals surface area contributed by atoms with Gasteiger partial charge >= 0.3 is 0 Å².